The number of nitrogens with zero attached hydrogens (tertiary/aromatic N) is 1. The maximum absolute atomic E-state index is 13.1. The van der Waals surface area contributed by atoms with Crippen LogP contribution >= 0.6 is 11.8 Å². The average Bonchev–Trinajstić information content (AvgIpc) is 2.90. The Kier molecular flexibility index (Phi) is 7.52. The molecule has 1 amide bonds. The maximum atomic E-state index is 13.1. The van der Waals surface area contributed by atoms with Gasteiger partial charge in [-0.05, 0) is 31.0 Å². The predicted molar refractivity (Wildman–Crippen MR) is 119 cm³/mol. The van der Waals surface area contributed by atoms with Crippen molar-refractivity contribution in [2.24, 2.45) is 11.8 Å². The van der Waals surface area contributed by atoms with Crippen LogP contribution in [0.5, 0.6) is 0 Å². The number of thioether (sulfide) groups is 1. The number of esters is 2. The van der Waals surface area contributed by atoms with Gasteiger partial charge in [0.25, 0.3) is 0 Å². The highest BCUT2D eigenvalue weighted by Crippen LogP contribution is 2.52. The van der Waals surface area contributed by atoms with E-state index in [4.69, 9.17) is 13.9 Å². The molecule has 3 atom stereocenters. The molecule has 0 spiro atoms. The lowest BCUT2D eigenvalue weighted by Crippen LogP contribution is -2.62. The summed E-state index contributed by atoms with van der Waals surface area (Å²) in [7, 11) is -2.05. The Balaban J connectivity index is 2.20. The van der Waals surface area contributed by atoms with Gasteiger partial charge in [-0.3, -0.25) is 14.5 Å². The van der Waals surface area contributed by atoms with Crippen molar-refractivity contribution in [2.45, 2.75) is 78.1 Å². The zero-order chi connectivity index (χ0) is 23.0. The molecule has 0 aliphatic carbocycles. The number of ether oxygens (including phenoxy) is 2. The van der Waals surface area contributed by atoms with Gasteiger partial charge in [-0.25, -0.2) is 4.79 Å². The number of carbonyl (C=O) groups is 3. The van der Waals surface area contributed by atoms with Crippen LogP contribution < -0.4 is 0 Å². The number of hydrogen-bond acceptors (Lipinski definition) is 7. The molecule has 1 saturated heterocycles. The average molecular weight is 458 g/mol. The van der Waals surface area contributed by atoms with E-state index in [1.807, 2.05) is 20.8 Å². The molecule has 2 heterocycles. The molecule has 0 aromatic heterocycles. The fourth-order valence-corrected chi connectivity index (χ4v) is 6.07. The van der Waals surface area contributed by atoms with E-state index in [0.29, 0.717) is 4.91 Å². The lowest BCUT2D eigenvalue weighted by molar-refractivity contribution is -0.158. The number of carbonyl (C=O) groups excluding carboxylic acids is 3. The fraction of sp³-hybridized carbons (Fsp3) is 0.762. The normalized spacial score (nSPS) is 22.7. The SMILES string of the molecule is CC(=O)OCC1=C(C(=O)OCC(C)C)N2C(=O)[C@H]([C@@H](C)O[Si](C)(C)C(C)(C)C)C2S1. The molecule has 0 aromatic carbocycles. The van der Waals surface area contributed by atoms with E-state index < -0.39 is 20.3 Å². The number of β-lactam (4-membered cyclic amide) rings is 1. The van der Waals surface area contributed by atoms with E-state index >= 15 is 0 Å². The van der Waals surface area contributed by atoms with Gasteiger partial charge in [0.15, 0.2) is 8.32 Å². The van der Waals surface area contributed by atoms with E-state index in [9.17, 15) is 14.4 Å². The van der Waals surface area contributed by atoms with Crippen LogP contribution in [-0.4, -0.2) is 55.8 Å². The predicted octanol–water partition coefficient (Wildman–Crippen LogP) is 3.90. The Hall–Kier alpha value is -1.32. The molecule has 1 unspecified atom stereocenters. The molecule has 0 saturated carbocycles. The zero-order valence-corrected chi connectivity index (χ0v) is 21.3. The van der Waals surface area contributed by atoms with Crippen LogP contribution in [0.25, 0.3) is 0 Å². The molecule has 0 aromatic rings. The van der Waals surface area contributed by atoms with Crippen LogP contribution in [0.2, 0.25) is 18.1 Å². The Morgan fingerprint density at radius 1 is 1.17 bits per heavy atom. The third kappa shape index (κ3) is 5.11. The second-order valence-corrected chi connectivity index (χ2v) is 15.8. The van der Waals surface area contributed by atoms with Crippen LogP contribution in [0.4, 0.5) is 0 Å². The first kappa shape index (κ1) is 24.9. The van der Waals surface area contributed by atoms with Crippen LogP contribution in [0.3, 0.4) is 0 Å². The van der Waals surface area contributed by atoms with Crippen molar-refractivity contribution in [1.82, 2.24) is 4.90 Å². The van der Waals surface area contributed by atoms with Gasteiger partial charge in [-0.15, -0.1) is 0 Å². The lowest BCUT2D eigenvalue weighted by atomic mass is 9.92. The van der Waals surface area contributed by atoms with Crippen LogP contribution in [0.1, 0.15) is 48.5 Å². The van der Waals surface area contributed by atoms with E-state index in [0.717, 1.165) is 0 Å². The molecule has 0 N–H and O–H groups in total. The molecule has 170 valence electrons. The highest BCUT2D eigenvalue weighted by Gasteiger charge is 2.59. The monoisotopic (exact) mass is 457 g/mol. The summed E-state index contributed by atoms with van der Waals surface area (Å²) >= 11 is 1.39. The summed E-state index contributed by atoms with van der Waals surface area (Å²) in [5.74, 6) is -1.32. The highest BCUT2D eigenvalue weighted by molar-refractivity contribution is 8.04. The third-order valence-corrected chi connectivity index (χ3v) is 11.7. The topological polar surface area (TPSA) is 82.1 Å². The maximum Gasteiger partial charge on any atom is 0.356 e. The summed E-state index contributed by atoms with van der Waals surface area (Å²) in [5.41, 5.74) is 0.202. The molecule has 0 bridgehead atoms. The Bertz CT molecular complexity index is 742. The Morgan fingerprint density at radius 3 is 2.27 bits per heavy atom. The second-order valence-electron chi connectivity index (χ2n) is 9.87. The second kappa shape index (κ2) is 9.04. The van der Waals surface area contributed by atoms with Crippen LogP contribution in [0.15, 0.2) is 10.6 Å². The Labute approximate surface area is 185 Å². The van der Waals surface area contributed by atoms with E-state index in [1.165, 1.54) is 23.6 Å². The molecule has 2 rings (SSSR count). The van der Waals surface area contributed by atoms with E-state index in [1.54, 1.807) is 0 Å². The van der Waals surface area contributed by atoms with Crippen molar-refractivity contribution in [2.75, 3.05) is 13.2 Å². The first-order valence-electron chi connectivity index (χ1n) is 10.4. The van der Waals surface area contributed by atoms with Crippen molar-refractivity contribution in [3.63, 3.8) is 0 Å². The van der Waals surface area contributed by atoms with E-state index in [-0.39, 0.29) is 53.2 Å². The molecular formula is C21H35NO6SSi. The number of hydrogen-bond donors (Lipinski definition) is 0. The number of fused-ring (bicyclic) bond motifs is 1. The molecule has 0 radical (unpaired) electrons. The smallest absolute Gasteiger partial charge is 0.356 e. The van der Waals surface area contributed by atoms with Gasteiger partial charge in [0.05, 0.1) is 23.5 Å². The Morgan fingerprint density at radius 2 is 1.77 bits per heavy atom. The first-order valence-corrected chi connectivity index (χ1v) is 14.2. The van der Waals surface area contributed by atoms with Crippen molar-refractivity contribution < 1.29 is 28.3 Å². The van der Waals surface area contributed by atoms with E-state index in [2.05, 4.69) is 33.9 Å². The molecule has 2 aliphatic rings. The van der Waals surface area contributed by atoms with Crippen molar-refractivity contribution >= 4 is 37.9 Å². The van der Waals surface area contributed by atoms with Gasteiger partial charge in [0, 0.05) is 6.92 Å². The van der Waals surface area contributed by atoms with Crippen molar-refractivity contribution in [3.8, 4) is 0 Å². The quantitative estimate of drug-likeness (QED) is 0.310. The number of amides is 1. The van der Waals surface area contributed by atoms with Crippen LogP contribution in [-0.2, 0) is 28.3 Å². The van der Waals surface area contributed by atoms with Gasteiger partial charge in [-0.2, -0.15) is 0 Å². The summed E-state index contributed by atoms with van der Waals surface area (Å²) in [5, 5.41) is -0.217. The van der Waals surface area contributed by atoms with Gasteiger partial charge in [0.2, 0.25) is 5.91 Å². The summed E-state index contributed by atoms with van der Waals surface area (Å²) in [6, 6.07) is 0. The molecule has 7 nitrogen and oxygen atoms in total. The van der Waals surface area contributed by atoms with Gasteiger partial charge in [0.1, 0.15) is 17.7 Å². The van der Waals surface area contributed by atoms with Crippen molar-refractivity contribution in [1.29, 1.82) is 0 Å². The van der Waals surface area contributed by atoms with Gasteiger partial charge >= 0.3 is 11.9 Å². The number of rotatable bonds is 8. The van der Waals surface area contributed by atoms with Gasteiger partial charge < -0.3 is 13.9 Å². The fourth-order valence-electron chi connectivity index (χ4n) is 3.13. The standard InChI is InChI=1S/C21H35NO6SSi/c1-12(2)10-27-20(25)17-15(11-26-14(4)23)29-19-16(18(24)22(17)19)13(3)28-30(8,9)21(5,6)7/h12-13,16,19H,10-11H2,1-9H3/t13-,16+,19?/m1/s1. The third-order valence-electron chi connectivity index (χ3n) is 5.79. The first-order chi connectivity index (χ1) is 13.7. The summed E-state index contributed by atoms with van der Waals surface area (Å²) < 4.78 is 17.0. The highest BCUT2D eigenvalue weighted by atomic mass is 32.2. The van der Waals surface area contributed by atoms with Gasteiger partial charge in [-0.1, -0.05) is 46.4 Å². The van der Waals surface area contributed by atoms with Crippen LogP contribution in [0, 0.1) is 11.8 Å². The summed E-state index contributed by atoms with van der Waals surface area (Å²) in [4.78, 5) is 39.1. The molecule has 2 aliphatic heterocycles. The zero-order valence-electron chi connectivity index (χ0n) is 19.5. The summed E-state index contributed by atoms with van der Waals surface area (Å²) in [6.45, 7) is 18.1. The minimum atomic E-state index is -2.05. The molecule has 1 fully saturated rings. The summed E-state index contributed by atoms with van der Waals surface area (Å²) in [6.07, 6.45) is -0.270. The minimum absolute atomic E-state index is 0.0289. The lowest BCUT2D eigenvalue weighted by Gasteiger charge is -2.48. The minimum Gasteiger partial charge on any atom is -0.461 e. The molecule has 30 heavy (non-hydrogen) atoms. The molecular weight excluding hydrogens is 422 g/mol. The molecule has 9 heteroatoms. The largest absolute Gasteiger partial charge is 0.461 e. The van der Waals surface area contributed by atoms with Crippen molar-refractivity contribution in [3.05, 3.63) is 10.6 Å².